The van der Waals surface area contributed by atoms with Gasteiger partial charge in [-0.1, -0.05) is 12.1 Å². The molecule has 6 aromatic rings. The zero-order valence-corrected chi connectivity index (χ0v) is 49.7. The Morgan fingerprint density at radius 3 is 1.10 bits per heavy atom. The Morgan fingerprint density at radius 1 is 0.489 bits per heavy atom. The van der Waals surface area contributed by atoms with E-state index in [-0.39, 0.29) is 73.2 Å². The molecule has 32 heteroatoms. The molecule has 8 rings (SSSR count). The number of benzene rings is 4. The number of urea groups is 2. The summed E-state index contributed by atoms with van der Waals surface area (Å²) in [5, 5.41) is 5.60. The van der Waals surface area contributed by atoms with E-state index in [4.69, 9.17) is 0 Å². The molecule has 2 aromatic heterocycles. The topological polar surface area (TPSA) is 215 Å². The molecule has 2 fully saturated rings. The number of nitrogens with one attached hydrogen (secondary N) is 4. The number of hydrogen-bond acceptors (Lipinski definition) is 8. The summed E-state index contributed by atoms with van der Waals surface area (Å²) < 4.78 is 191. The third-order valence-electron chi connectivity index (χ3n) is 15.4. The molecular weight excluding hydrogens is 1250 g/mol. The van der Waals surface area contributed by atoms with Crippen LogP contribution in [0.25, 0.3) is 0 Å². The van der Waals surface area contributed by atoms with E-state index in [0.29, 0.717) is 46.5 Å². The minimum absolute atomic E-state index is 0.00635. The van der Waals surface area contributed by atoms with Crippen molar-refractivity contribution in [1.82, 2.24) is 49.3 Å². The second-order valence-corrected chi connectivity index (χ2v) is 22.5. The molecule has 0 spiro atoms. The van der Waals surface area contributed by atoms with E-state index < -0.39 is 155 Å². The molecule has 0 aliphatic carbocycles. The standard InChI is InChI=1S/2C30H30F7N5O4/c2*1-16-8-21(31)4-5-23(16)24-12-22(38-25(43)15-41-13-17(2)26(44)39-27(41)45)6-7-42(24)28(46)40(3)14-18-9-19(29(32,33)34)11-20(10-18)30(35,36)37/h2*4-5,8-11,13,22,24H,6-7,12,14-15H2,1-3H3,(H,38,43)(H,39,44,45)/t22-,24+;22-,24-/m01/s1. The molecule has 6 amide bonds. The first kappa shape index (κ1) is 70.2. The summed E-state index contributed by atoms with van der Waals surface area (Å²) in [7, 11) is 2.48. The van der Waals surface area contributed by atoms with E-state index >= 15 is 0 Å². The smallest absolute Gasteiger partial charge is 0.352 e. The van der Waals surface area contributed by atoms with Crippen molar-refractivity contribution in [2.24, 2.45) is 0 Å². The molecule has 4 N–H and O–H groups in total. The van der Waals surface area contributed by atoms with Gasteiger partial charge in [-0.15, -0.1) is 0 Å². The van der Waals surface area contributed by atoms with Gasteiger partial charge in [0, 0.05) is 75.9 Å². The zero-order chi connectivity index (χ0) is 68.3. The molecule has 0 saturated carbocycles. The highest BCUT2D eigenvalue weighted by Gasteiger charge is 2.41. The Labute approximate surface area is 513 Å². The van der Waals surface area contributed by atoms with Gasteiger partial charge in [-0.3, -0.25) is 38.3 Å². The third kappa shape index (κ3) is 17.6. The number of hydrogen-bond donors (Lipinski definition) is 4. The van der Waals surface area contributed by atoms with E-state index in [1.165, 1.54) is 86.5 Å². The van der Waals surface area contributed by atoms with Gasteiger partial charge < -0.3 is 30.2 Å². The average Bonchev–Trinajstić information content (AvgIpc) is 0.820. The Hall–Kier alpha value is -9.26. The fraction of sp³-hybridized carbons (Fsp3) is 0.400. The van der Waals surface area contributed by atoms with Crippen LogP contribution in [-0.4, -0.2) is 102 Å². The molecular formula is C60H60F14N10O8. The van der Waals surface area contributed by atoms with Crippen LogP contribution in [0.5, 0.6) is 0 Å². The summed E-state index contributed by atoms with van der Waals surface area (Å²) in [6, 6.07) is 6.00. The van der Waals surface area contributed by atoms with Crippen molar-refractivity contribution in [2.45, 2.75) is 128 Å². The van der Waals surface area contributed by atoms with E-state index in [9.17, 15) is 99.8 Å². The molecule has 92 heavy (non-hydrogen) atoms. The number of aromatic amines is 2. The molecule has 2 aliphatic rings. The molecule has 0 radical (unpaired) electrons. The summed E-state index contributed by atoms with van der Waals surface area (Å²) >= 11 is 0. The first-order valence-corrected chi connectivity index (χ1v) is 28.0. The van der Waals surface area contributed by atoms with E-state index in [1.54, 1.807) is 13.8 Å². The van der Waals surface area contributed by atoms with Gasteiger partial charge in [-0.25, -0.2) is 28.0 Å². The van der Waals surface area contributed by atoms with Crippen molar-refractivity contribution in [3.8, 4) is 0 Å². The number of aromatic nitrogens is 4. The number of likely N-dealkylation sites (tertiary alicyclic amines) is 2. The van der Waals surface area contributed by atoms with Crippen LogP contribution in [0.4, 0.5) is 71.1 Å². The molecule has 496 valence electrons. The minimum Gasteiger partial charge on any atom is -0.352 e. The van der Waals surface area contributed by atoms with Crippen LogP contribution in [-0.2, 0) is 60.5 Å². The van der Waals surface area contributed by atoms with Crippen LogP contribution in [0.3, 0.4) is 0 Å². The number of H-pyrrole nitrogens is 2. The van der Waals surface area contributed by atoms with Gasteiger partial charge in [-0.2, -0.15) is 52.7 Å². The lowest BCUT2D eigenvalue weighted by Crippen LogP contribution is -2.51. The van der Waals surface area contributed by atoms with Crippen molar-refractivity contribution in [1.29, 1.82) is 0 Å². The zero-order valence-electron chi connectivity index (χ0n) is 49.7. The Bertz CT molecular complexity index is 3690. The predicted octanol–water partition coefficient (Wildman–Crippen LogP) is 9.81. The lowest BCUT2D eigenvalue weighted by atomic mass is 9.89. The summed E-state index contributed by atoms with van der Waals surface area (Å²) in [6.07, 6.45) is -17.1. The molecule has 4 heterocycles. The van der Waals surface area contributed by atoms with Crippen molar-refractivity contribution in [3.63, 3.8) is 0 Å². The van der Waals surface area contributed by atoms with Gasteiger partial charge >= 0.3 is 48.1 Å². The van der Waals surface area contributed by atoms with Gasteiger partial charge in [0.25, 0.3) is 11.1 Å². The summed E-state index contributed by atoms with van der Waals surface area (Å²) in [5.74, 6) is -2.20. The second kappa shape index (κ2) is 27.7. The van der Waals surface area contributed by atoms with Crippen LogP contribution < -0.4 is 33.1 Å². The maximum absolute atomic E-state index is 14.0. The normalized spacial score (nSPS) is 17.1. The summed E-state index contributed by atoms with van der Waals surface area (Å²) in [6.45, 7) is 4.22. The van der Waals surface area contributed by atoms with Crippen LogP contribution >= 0.6 is 0 Å². The second-order valence-electron chi connectivity index (χ2n) is 22.5. The van der Waals surface area contributed by atoms with Crippen LogP contribution in [0, 0.1) is 39.3 Å². The van der Waals surface area contributed by atoms with Crippen molar-refractivity contribution in [2.75, 3.05) is 27.2 Å². The fourth-order valence-corrected chi connectivity index (χ4v) is 10.9. The predicted molar refractivity (Wildman–Crippen MR) is 302 cm³/mol. The van der Waals surface area contributed by atoms with Crippen LogP contribution in [0.15, 0.2) is 104 Å². The highest BCUT2D eigenvalue weighted by Crippen LogP contribution is 2.40. The van der Waals surface area contributed by atoms with Crippen molar-refractivity contribution < 1.29 is 80.6 Å². The number of piperidine rings is 2. The van der Waals surface area contributed by atoms with Crippen molar-refractivity contribution in [3.05, 3.63) is 205 Å². The van der Waals surface area contributed by atoms with Crippen LogP contribution in [0.2, 0.25) is 0 Å². The van der Waals surface area contributed by atoms with E-state index in [2.05, 4.69) is 20.6 Å². The average molecular weight is 1320 g/mol. The summed E-state index contributed by atoms with van der Waals surface area (Å²) in [4.78, 5) is 109. The van der Waals surface area contributed by atoms with E-state index in [0.717, 1.165) is 18.9 Å². The van der Waals surface area contributed by atoms with Gasteiger partial charge in [0.1, 0.15) is 24.7 Å². The lowest BCUT2D eigenvalue weighted by Gasteiger charge is -2.42. The molecule has 4 atom stereocenters. The number of aryl methyl sites for hydroxylation is 4. The minimum atomic E-state index is -5.06. The fourth-order valence-electron chi connectivity index (χ4n) is 10.9. The monoisotopic (exact) mass is 1310 g/mol. The lowest BCUT2D eigenvalue weighted by molar-refractivity contribution is -0.144. The molecule has 2 aliphatic heterocycles. The number of carbonyl (C=O) groups is 4. The first-order valence-electron chi connectivity index (χ1n) is 28.0. The molecule has 0 unspecified atom stereocenters. The largest absolute Gasteiger partial charge is 0.416 e. The number of halogens is 14. The Balaban J connectivity index is 0.000000261. The molecule has 18 nitrogen and oxygen atoms in total. The maximum atomic E-state index is 14.0. The number of rotatable bonds is 12. The Kier molecular flexibility index (Phi) is 21.1. The van der Waals surface area contributed by atoms with Gasteiger partial charge in [0.15, 0.2) is 0 Å². The third-order valence-corrected chi connectivity index (χ3v) is 15.4. The highest BCUT2D eigenvalue weighted by molar-refractivity contribution is 5.78. The Morgan fingerprint density at radius 2 is 0.804 bits per heavy atom. The molecule has 2 saturated heterocycles. The van der Waals surface area contributed by atoms with E-state index in [1.807, 2.05) is 0 Å². The highest BCUT2D eigenvalue weighted by atomic mass is 19.4. The SMILES string of the molecule is Cc1cc(F)ccc1[C@H]1C[C@@H](NC(=O)Cn2cc(C)c(=O)[nH]c2=O)CCN1C(=O)N(C)Cc1cc(C(F)(F)F)cc(C(F)(F)F)c1.Cc1cc(F)ccc1[C@H]1C[C@H](NC(=O)Cn2cc(C)c(=O)[nH]c2=O)CCN1C(=O)N(C)Cc1cc(C(F)(F)F)cc(C(F)(F)F)c1. The quantitative estimate of drug-likeness (QED) is 0.0864. The van der Waals surface area contributed by atoms with Crippen LogP contribution in [0.1, 0.15) is 105 Å². The number of carbonyl (C=O) groups excluding carboxylic acids is 4. The number of amides is 6. The van der Waals surface area contributed by atoms with Gasteiger partial charge in [0.05, 0.1) is 34.3 Å². The number of nitrogens with zero attached hydrogens (tertiary/aromatic N) is 6. The first-order chi connectivity index (χ1) is 42.7. The molecule has 4 aromatic carbocycles. The van der Waals surface area contributed by atoms with Gasteiger partial charge in [0.2, 0.25) is 11.8 Å². The van der Waals surface area contributed by atoms with Gasteiger partial charge in [-0.05, 0) is 147 Å². The summed E-state index contributed by atoms with van der Waals surface area (Å²) in [5.41, 5.74) is -7.11. The maximum Gasteiger partial charge on any atom is 0.416 e. The van der Waals surface area contributed by atoms with Crippen molar-refractivity contribution >= 4 is 23.9 Å². The molecule has 0 bridgehead atoms. The number of alkyl halides is 12.